The van der Waals surface area contributed by atoms with Gasteiger partial charge in [-0.05, 0) is 23.6 Å². The van der Waals surface area contributed by atoms with Crippen LogP contribution >= 0.6 is 23.1 Å². The first-order valence-corrected chi connectivity index (χ1v) is 8.31. The number of hydrogen-bond donors (Lipinski definition) is 1. The van der Waals surface area contributed by atoms with E-state index in [9.17, 15) is 9.59 Å². The summed E-state index contributed by atoms with van der Waals surface area (Å²) in [5, 5.41) is 4.77. The zero-order chi connectivity index (χ0) is 15.1. The van der Waals surface area contributed by atoms with Crippen molar-refractivity contribution >= 4 is 40.7 Å². The van der Waals surface area contributed by atoms with E-state index in [1.54, 1.807) is 47.4 Å². The fourth-order valence-electron chi connectivity index (χ4n) is 1.71. The van der Waals surface area contributed by atoms with E-state index in [0.29, 0.717) is 17.0 Å². The molecule has 4 nitrogen and oxygen atoms in total. The molecule has 1 N–H and O–H groups in total. The lowest BCUT2D eigenvalue weighted by Gasteiger charge is -2.09. The van der Waals surface area contributed by atoms with Gasteiger partial charge in [-0.2, -0.15) is 0 Å². The minimum Gasteiger partial charge on any atom is -0.465 e. The summed E-state index contributed by atoms with van der Waals surface area (Å²) in [6.45, 7) is 0. The Kier molecular flexibility index (Phi) is 5.83. The molecule has 0 saturated carbocycles. The maximum Gasteiger partial charge on any atom is 0.339 e. The number of esters is 1. The maximum atomic E-state index is 11.9. The summed E-state index contributed by atoms with van der Waals surface area (Å²) in [4.78, 5) is 24.8. The van der Waals surface area contributed by atoms with Crippen molar-refractivity contribution in [3.63, 3.8) is 0 Å². The standard InChI is InChI=1S/C15H15NO3S2/c1-19-15(18)12-6-2-3-7-13(12)16-14(17)10-20-9-11-5-4-8-21-11/h2-8H,9-10H2,1H3,(H,16,17). The number of nitrogens with one attached hydrogen (secondary N) is 1. The third-order valence-corrected chi connectivity index (χ3v) is 4.70. The van der Waals surface area contributed by atoms with Crippen LogP contribution in [0.1, 0.15) is 15.2 Å². The van der Waals surface area contributed by atoms with E-state index in [0.717, 1.165) is 5.75 Å². The Morgan fingerprint density at radius 3 is 2.76 bits per heavy atom. The molecule has 1 aromatic carbocycles. The second-order valence-corrected chi connectivity index (χ2v) is 6.18. The molecule has 0 saturated heterocycles. The van der Waals surface area contributed by atoms with Crippen molar-refractivity contribution in [1.29, 1.82) is 0 Å². The first-order chi connectivity index (χ1) is 10.2. The Hall–Kier alpha value is -1.79. The van der Waals surface area contributed by atoms with Crippen LogP contribution in [0.5, 0.6) is 0 Å². The maximum absolute atomic E-state index is 11.9. The molecular formula is C15H15NO3S2. The summed E-state index contributed by atoms with van der Waals surface area (Å²) < 4.78 is 4.69. The molecule has 6 heteroatoms. The number of thioether (sulfide) groups is 1. The van der Waals surface area contributed by atoms with Crippen molar-refractivity contribution in [2.75, 3.05) is 18.2 Å². The number of methoxy groups -OCH3 is 1. The van der Waals surface area contributed by atoms with Crippen molar-refractivity contribution < 1.29 is 14.3 Å². The van der Waals surface area contributed by atoms with Crippen LogP contribution in [0.2, 0.25) is 0 Å². The number of anilines is 1. The van der Waals surface area contributed by atoms with Gasteiger partial charge >= 0.3 is 5.97 Å². The molecule has 0 aliphatic carbocycles. The van der Waals surface area contributed by atoms with Crippen molar-refractivity contribution in [3.8, 4) is 0 Å². The fraction of sp³-hybridized carbons (Fsp3) is 0.200. The molecule has 0 radical (unpaired) electrons. The predicted octanol–water partition coefficient (Wildman–Crippen LogP) is 3.41. The van der Waals surface area contributed by atoms with Crippen molar-refractivity contribution in [2.45, 2.75) is 5.75 Å². The van der Waals surface area contributed by atoms with Crippen LogP contribution in [-0.2, 0) is 15.3 Å². The molecular weight excluding hydrogens is 306 g/mol. The monoisotopic (exact) mass is 321 g/mol. The lowest BCUT2D eigenvalue weighted by atomic mass is 10.2. The van der Waals surface area contributed by atoms with Crippen LogP contribution in [0.3, 0.4) is 0 Å². The average molecular weight is 321 g/mol. The first-order valence-electron chi connectivity index (χ1n) is 6.28. The topological polar surface area (TPSA) is 55.4 Å². The number of hydrogen-bond acceptors (Lipinski definition) is 5. The minimum atomic E-state index is -0.461. The summed E-state index contributed by atoms with van der Waals surface area (Å²) in [5.41, 5.74) is 0.836. The van der Waals surface area contributed by atoms with E-state index in [4.69, 9.17) is 4.74 Å². The highest BCUT2D eigenvalue weighted by Gasteiger charge is 2.13. The summed E-state index contributed by atoms with van der Waals surface area (Å²) in [7, 11) is 1.32. The molecule has 0 aliphatic heterocycles. The third kappa shape index (κ3) is 4.61. The van der Waals surface area contributed by atoms with Crippen LogP contribution in [0, 0.1) is 0 Å². The molecule has 0 fully saturated rings. The number of benzene rings is 1. The lowest BCUT2D eigenvalue weighted by Crippen LogP contribution is -2.17. The first kappa shape index (κ1) is 15.6. The molecule has 2 aromatic rings. The minimum absolute atomic E-state index is 0.132. The van der Waals surface area contributed by atoms with Gasteiger partial charge in [-0.1, -0.05) is 18.2 Å². The van der Waals surface area contributed by atoms with Crippen molar-refractivity contribution in [2.24, 2.45) is 0 Å². The molecule has 0 unspecified atom stereocenters. The largest absolute Gasteiger partial charge is 0.465 e. The fourth-order valence-corrected chi connectivity index (χ4v) is 3.37. The molecule has 0 atom stereocenters. The normalized spacial score (nSPS) is 10.1. The molecule has 110 valence electrons. The van der Waals surface area contributed by atoms with Crippen molar-refractivity contribution in [1.82, 2.24) is 0 Å². The van der Waals surface area contributed by atoms with Gasteiger partial charge in [-0.15, -0.1) is 23.1 Å². The van der Waals surface area contributed by atoms with Gasteiger partial charge in [0.15, 0.2) is 0 Å². The smallest absolute Gasteiger partial charge is 0.339 e. The number of ether oxygens (including phenoxy) is 1. The highest BCUT2D eigenvalue weighted by Crippen LogP contribution is 2.19. The summed E-state index contributed by atoms with van der Waals surface area (Å²) in [6.07, 6.45) is 0. The van der Waals surface area contributed by atoms with Gasteiger partial charge in [0.05, 0.1) is 24.1 Å². The molecule has 1 heterocycles. The number of para-hydroxylation sites is 1. The Morgan fingerprint density at radius 2 is 2.05 bits per heavy atom. The Labute approximate surface area is 131 Å². The number of amides is 1. The molecule has 0 spiro atoms. The van der Waals surface area contributed by atoms with Crippen molar-refractivity contribution in [3.05, 3.63) is 52.2 Å². The summed E-state index contributed by atoms with van der Waals surface area (Å²) >= 11 is 3.21. The van der Waals surface area contributed by atoms with E-state index in [1.807, 2.05) is 17.5 Å². The Morgan fingerprint density at radius 1 is 1.24 bits per heavy atom. The van der Waals surface area contributed by atoms with Crippen LogP contribution in [-0.4, -0.2) is 24.7 Å². The number of rotatable bonds is 6. The Bertz CT molecular complexity index is 611. The van der Waals surface area contributed by atoms with E-state index < -0.39 is 5.97 Å². The highest BCUT2D eigenvalue weighted by atomic mass is 32.2. The van der Waals surface area contributed by atoms with Gasteiger partial charge in [0.1, 0.15) is 0 Å². The second kappa shape index (κ2) is 7.85. The Balaban J connectivity index is 1.89. The number of thiophene rings is 1. The SMILES string of the molecule is COC(=O)c1ccccc1NC(=O)CSCc1cccs1. The third-order valence-electron chi connectivity index (χ3n) is 2.66. The van der Waals surface area contributed by atoms with Gasteiger partial charge in [0.25, 0.3) is 0 Å². The van der Waals surface area contributed by atoms with E-state index in [-0.39, 0.29) is 5.91 Å². The zero-order valence-electron chi connectivity index (χ0n) is 11.5. The molecule has 0 aliphatic rings. The van der Waals surface area contributed by atoms with Gasteiger partial charge < -0.3 is 10.1 Å². The van der Waals surface area contributed by atoms with Gasteiger partial charge in [-0.25, -0.2) is 4.79 Å². The molecule has 1 aromatic heterocycles. The highest BCUT2D eigenvalue weighted by molar-refractivity contribution is 7.99. The van der Waals surface area contributed by atoms with E-state index in [1.165, 1.54) is 12.0 Å². The number of carbonyl (C=O) groups excluding carboxylic acids is 2. The number of carbonyl (C=O) groups is 2. The van der Waals surface area contributed by atoms with E-state index >= 15 is 0 Å². The summed E-state index contributed by atoms with van der Waals surface area (Å²) in [5.74, 6) is 0.557. The summed E-state index contributed by atoms with van der Waals surface area (Å²) in [6, 6.07) is 10.8. The molecule has 2 rings (SSSR count). The van der Waals surface area contributed by atoms with Gasteiger partial charge in [0.2, 0.25) is 5.91 Å². The van der Waals surface area contributed by atoms with Crippen LogP contribution < -0.4 is 5.32 Å². The zero-order valence-corrected chi connectivity index (χ0v) is 13.1. The quantitative estimate of drug-likeness (QED) is 0.829. The lowest BCUT2D eigenvalue weighted by molar-refractivity contribution is -0.113. The molecule has 0 bridgehead atoms. The average Bonchev–Trinajstić information content (AvgIpc) is 3.00. The van der Waals surface area contributed by atoms with Crippen LogP contribution in [0.4, 0.5) is 5.69 Å². The second-order valence-electron chi connectivity index (χ2n) is 4.16. The van der Waals surface area contributed by atoms with Crippen LogP contribution in [0.15, 0.2) is 41.8 Å². The molecule has 21 heavy (non-hydrogen) atoms. The van der Waals surface area contributed by atoms with E-state index in [2.05, 4.69) is 5.32 Å². The van der Waals surface area contributed by atoms with Gasteiger partial charge in [0, 0.05) is 10.6 Å². The van der Waals surface area contributed by atoms with Crippen LogP contribution in [0.25, 0.3) is 0 Å². The predicted molar refractivity (Wildman–Crippen MR) is 86.9 cm³/mol. The van der Waals surface area contributed by atoms with Gasteiger partial charge in [-0.3, -0.25) is 4.79 Å². The molecule has 1 amide bonds.